The van der Waals surface area contributed by atoms with Gasteiger partial charge in [0.15, 0.2) is 0 Å². The maximum absolute atomic E-state index is 12.5. The second-order valence-corrected chi connectivity index (χ2v) is 7.54. The Morgan fingerprint density at radius 1 is 1.24 bits per heavy atom. The summed E-state index contributed by atoms with van der Waals surface area (Å²) in [4.78, 5) is 4.06. The largest absolute Gasteiger partial charge is 0.398 e. The smallest absolute Gasteiger partial charge is 0.244 e. The number of sulfonamides is 1. The number of halogens is 1. The fourth-order valence-corrected chi connectivity index (χ4v) is 3.52. The number of pyridine rings is 1. The highest BCUT2D eigenvalue weighted by atomic mass is 79.9. The van der Waals surface area contributed by atoms with Crippen LogP contribution in [0.15, 0.2) is 52.1 Å². The summed E-state index contributed by atoms with van der Waals surface area (Å²) in [5.74, 6) is 0. The fourth-order valence-electron chi connectivity index (χ4n) is 1.88. The lowest BCUT2D eigenvalue weighted by atomic mass is 10.2. The van der Waals surface area contributed by atoms with Crippen molar-refractivity contribution in [1.29, 1.82) is 0 Å². The molecule has 0 amide bonds. The van der Waals surface area contributed by atoms with Gasteiger partial charge in [-0.15, -0.1) is 0 Å². The van der Waals surface area contributed by atoms with Crippen LogP contribution in [-0.4, -0.2) is 31.3 Å². The van der Waals surface area contributed by atoms with Crippen molar-refractivity contribution in [2.45, 2.75) is 11.3 Å². The van der Waals surface area contributed by atoms with Crippen molar-refractivity contribution in [3.63, 3.8) is 0 Å². The molecule has 0 bridgehead atoms. The summed E-state index contributed by atoms with van der Waals surface area (Å²) in [5, 5.41) is 0. The number of nitrogens with zero attached hydrogens (tertiary/aromatic N) is 2. The van der Waals surface area contributed by atoms with Gasteiger partial charge >= 0.3 is 0 Å². The molecule has 1 aromatic carbocycles. The average Bonchev–Trinajstić information content (AvgIpc) is 2.45. The van der Waals surface area contributed by atoms with E-state index in [2.05, 4.69) is 20.9 Å². The SMILES string of the molecule is CN(CCc1ccncc1)S(=O)(=O)c1ccc(Br)cc1N. The Kier molecular flexibility index (Phi) is 4.97. The van der Waals surface area contributed by atoms with Crippen LogP contribution in [0.4, 0.5) is 5.69 Å². The van der Waals surface area contributed by atoms with Gasteiger partial charge < -0.3 is 5.73 Å². The van der Waals surface area contributed by atoms with Crippen molar-refractivity contribution < 1.29 is 8.42 Å². The lowest BCUT2D eigenvalue weighted by Gasteiger charge is -2.18. The number of aromatic nitrogens is 1. The molecule has 0 spiro atoms. The van der Waals surface area contributed by atoms with E-state index in [4.69, 9.17) is 5.73 Å². The van der Waals surface area contributed by atoms with E-state index < -0.39 is 10.0 Å². The van der Waals surface area contributed by atoms with Crippen LogP contribution in [0.5, 0.6) is 0 Å². The molecule has 21 heavy (non-hydrogen) atoms. The molecule has 1 aromatic heterocycles. The summed E-state index contributed by atoms with van der Waals surface area (Å²) < 4.78 is 27.1. The zero-order valence-corrected chi connectivity index (χ0v) is 13.9. The molecular formula is C14H16BrN3O2S. The van der Waals surface area contributed by atoms with Crippen molar-refractivity contribution in [2.75, 3.05) is 19.3 Å². The van der Waals surface area contributed by atoms with Gasteiger partial charge in [-0.05, 0) is 42.3 Å². The Bertz CT molecular complexity index is 720. The predicted octanol–water partition coefficient (Wildman–Crippen LogP) is 2.29. The molecule has 2 N–H and O–H groups in total. The van der Waals surface area contributed by atoms with E-state index in [0.717, 1.165) is 10.0 Å². The van der Waals surface area contributed by atoms with E-state index in [0.29, 0.717) is 13.0 Å². The molecule has 1 heterocycles. The van der Waals surface area contributed by atoms with Gasteiger partial charge in [0.1, 0.15) is 4.90 Å². The number of nitrogens with two attached hydrogens (primary N) is 1. The molecule has 0 aliphatic heterocycles. The highest BCUT2D eigenvalue weighted by Crippen LogP contribution is 2.25. The standard InChI is InChI=1S/C14H16BrN3O2S/c1-18(9-6-11-4-7-17-8-5-11)21(19,20)14-3-2-12(15)10-13(14)16/h2-5,7-8,10H,6,9,16H2,1H3. The zero-order valence-electron chi connectivity index (χ0n) is 11.5. The second-order valence-electron chi connectivity index (χ2n) is 4.61. The second kappa shape index (κ2) is 6.55. The number of benzene rings is 1. The van der Waals surface area contributed by atoms with Gasteiger partial charge in [0.05, 0.1) is 5.69 Å². The summed E-state index contributed by atoms with van der Waals surface area (Å²) in [5.41, 5.74) is 7.08. The number of hydrogen-bond acceptors (Lipinski definition) is 4. The Balaban J connectivity index is 2.15. The third kappa shape index (κ3) is 3.81. The fraction of sp³-hybridized carbons (Fsp3) is 0.214. The maximum Gasteiger partial charge on any atom is 0.244 e. The molecule has 2 rings (SSSR count). The lowest BCUT2D eigenvalue weighted by Crippen LogP contribution is -2.29. The Morgan fingerprint density at radius 3 is 2.52 bits per heavy atom. The first kappa shape index (κ1) is 15.9. The zero-order chi connectivity index (χ0) is 15.5. The molecule has 0 fully saturated rings. The number of nitrogen functional groups attached to an aromatic ring is 1. The molecule has 0 aliphatic carbocycles. The van der Waals surface area contributed by atoms with Gasteiger partial charge in [0.25, 0.3) is 0 Å². The average molecular weight is 370 g/mol. The van der Waals surface area contributed by atoms with Gasteiger partial charge in [-0.1, -0.05) is 15.9 Å². The monoisotopic (exact) mass is 369 g/mol. The normalized spacial score (nSPS) is 11.8. The number of anilines is 1. The van der Waals surface area contributed by atoms with E-state index in [-0.39, 0.29) is 10.6 Å². The number of hydrogen-bond donors (Lipinski definition) is 1. The lowest BCUT2D eigenvalue weighted by molar-refractivity contribution is 0.473. The van der Waals surface area contributed by atoms with Crippen LogP contribution in [0.1, 0.15) is 5.56 Å². The molecule has 0 saturated carbocycles. The van der Waals surface area contributed by atoms with Crippen LogP contribution in [0.25, 0.3) is 0 Å². The minimum Gasteiger partial charge on any atom is -0.398 e. The molecule has 0 unspecified atom stereocenters. The van der Waals surface area contributed by atoms with E-state index >= 15 is 0 Å². The van der Waals surface area contributed by atoms with E-state index in [1.807, 2.05) is 12.1 Å². The molecular weight excluding hydrogens is 354 g/mol. The topological polar surface area (TPSA) is 76.3 Å². The van der Waals surface area contributed by atoms with Gasteiger partial charge in [0.2, 0.25) is 10.0 Å². The highest BCUT2D eigenvalue weighted by molar-refractivity contribution is 9.10. The highest BCUT2D eigenvalue weighted by Gasteiger charge is 2.23. The van der Waals surface area contributed by atoms with Crippen LogP contribution < -0.4 is 5.73 Å². The van der Waals surface area contributed by atoms with Crippen molar-refractivity contribution in [2.24, 2.45) is 0 Å². The summed E-state index contributed by atoms with van der Waals surface area (Å²) in [6.45, 7) is 0.377. The molecule has 0 saturated heterocycles. The van der Waals surface area contributed by atoms with Crippen LogP contribution in [0.2, 0.25) is 0 Å². The van der Waals surface area contributed by atoms with Crippen molar-refractivity contribution in [1.82, 2.24) is 9.29 Å². The van der Waals surface area contributed by atoms with Gasteiger partial charge in [-0.25, -0.2) is 12.7 Å². The summed E-state index contributed by atoms with van der Waals surface area (Å²) in [6, 6.07) is 8.50. The molecule has 0 aliphatic rings. The quantitative estimate of drug-likeness (QED) is 0.820. The molecule has 7 heteroatoms. The van der Waals surface area contributed by atoms with Crippen LogP contribution in [0.3, 0.4) is 0 Å². The minimum absolute atomic E-state index is 0.128. The third-order valence-corrected chi connectivity index (χ3v) is 5.55. The summed E-state index contributed by atoms with van der Waals surface area (Å²) >= 11 is 3.27. The number of likely N-dealkylation sites (N-methyl/N-ethyl adjacent to an activating group) is 1. The molecule has 0 radical (unpaired) electrons. The third-order valence-electron chi connectivity index (χ3n) is 3.12. The summed E-state index contributed by atoms with van der Waals surface area (Å²) in [6.07, 6.45) is 4.00. The van der Waals surface area contributed by atoms with E-state index in [9.17, 15) is 8.42 Å². The Labute approximate surface area is 133 Å². The molecule has 2 aromatic rings. The predicted molar refractivity (Wildman–Crippen MR) is 86.3 cm³/mol. The first-order valence-electron chi connectivity index (χ1n) is 6.31. The van der Waals surface area contributed by atoms with E-state index in [1.54, 1.807) is 31.6 Å². The van der Waals surface area contributed by atoms with Crippen LogP contribution in [-0.2, 0) is 16.4 Å². The maximum atomic E-state index is 12.5. The van der Waals surface area contributed by atoms with Crippen LogP contribution >= 0.6 is 15.9 Å². The molecule has 112 valence electrons. The number of rotatable bonds is 5. The first-order valence-corrected chi connectivity index (χ1v) is 8.55. The van der Waals surface area contributed by atoms with Crippen molar-refractivity contribution in [3.8, 4) is 0 Å². The van der Waals surface area contributed by atoms with Gasteiger partial charge in [-0.3, -0.25) is 4.98 Å². The Hall–Kier alpha value is -1.44. The first-order chi connectivity index (χ1) is 9.91. The van der Waals surface area contributed by atoms with Crippen molar-refractivity contribution in [3.05, 3.63) is 52.8 Å². The Morgan fingerprint density at radius 2 is 1.90 bits per heavy atom. The van der Waals surface area contributed by atoms with Gasteiger partial charge in [-0.2, -0.15) is 0 Å². The molecule has 5 nitrogen and oxygen atoms in total. The van der Waals surface area contributed by atoms with Crippen molar-refractivity contribution >= 4 is 31.6 Å². The summed E-state index contributed by atoms with van der Waals surface area (Å²) in [7, 11) is -2.03. The molecule has 0 atom stereocenters. The minimum atomic E-state index is -3.58. The van der Waals surface area contributed by atoms with Gasteiger partial charge in [0, 0.05) is 30.5 Å². The van der Waals surface area contributed by atoms with E-state index in [1.165, 1.54) is 10.4 Å². The van der Waals surface area contributed by atoms with Crippen LogP contribution in [0, 0.1) is 0 Å².